The number of carbonyl (C=O) groups is 1. The number of amides is 1. The van der Waals surface area contributed by atoms with Gasteiger partial charge in [-0.05, 0) is 31.6 Å². The summed E-state index contributed by atoms with van der Waals surface area (Å²) in [6, 6.07) is 0.259. The molecule has 0 spiro atoms. The Morgan fingerprint density at radius 1 is 1.23 bits per heavy atom. The summed E-state index contributed by atoms with van der Waals surface area (Å²) in [6.07, 6.45) is 7.51. The Bertz CT molecular complexity index is 485. The SMILES string of the molecule is COc1nccnc1OC1CCC(NC(=O)CC(C)C)CC1. The second kappa shape index (κ2) is 7.96. The molecule has 0 atom stereocenters. The zero-order valence-electron chi connectivity index (χ0n) is 13.5. The van der Waals surface area contributed by atoms with Crippen molar-refractivity contribution in [2.45, 2.75) is 58.1 Å². The van der Waals surface area contributed by atoms with Crippen LogP contribution in [-0.2, 0) is 4.79 Å². The highest BCUT2D eigenvalue weighted by molar-refractivity contribution is 5.76. The van der Waals surface area contributed by atoms with Crippen LogP contribution in [0.1, 0.15) is 46.0 Å². The lowest BCUT2D eigenvalue weighted by Crippen LogP contribution is -2.40. The number of ether oxygens (including phenoxy) is 2. The van der Waals surface area contributed by atoms with Gasteiger partial charge in [0.1, 0.15) is 6.10 Å². The van der Waals surface area contributed by atoms with E-state index in [1.165, 1.54) is 0 Å². The first-order chi connectivity index (χ1) is 10.6. The summed E-state index contributed by atoms with van der Waals surface area (Å²) in [7, 11) is 1.55. The highest BCUT2D eigenvalue weighted by Gasteiger charge is 2.25. The van der Waals surface area contributed by atoms with Crippen molar-refractivity contribution in [1.29, 1.82) is 0 Å². The summed E-state index contributed by atoms with van der Waals surface area (Å²) < 4.78 is 11.0. The Kier molecular flexibility index (Phi) is 5.98. The third-order valence-corrected chi connectivity index (χ3v) is 3.74. The van der Waals surface area contributed by atoms with Crippen LogP contribution in [0, 0.1) is 5.92 Å². The number of rotatable bonds is 6. The van der Waals surface area contributed by atoms with Crippen molar-refractivity contribution in [1.82, 2.24) is 15.3 Å². The van der Waals surface area contributed by atoms with Crippen molar-refractivity contribution in [2.24, 2.45) is 5.92 Å². The molecular formula is C16H25N3O3. The van der Waals surface area contributed by atoms with Crippen molar-refractivity contribution in [3.63, 3.8) is 0 Å². The van der Waals surface area contributed by atoms with Crippen molar-refractivity contribution < 1.29 is 14.3 Å². The van der Waals surface area contributed by atoms with E-state index in [-0.39, 0.29) is 18.1 Å². The lowest BCUT2D eigenvalue weighted by Gasteiger charge is -2.29. The van der Waals surface area contributed by atoms with Crippen LogP contribution in [0.4, 0.5) is 0 Å². The average molecular weight is 307 g/mol. The maximum absolute atomic E-state index is 11.8. The minimum absolute atomic E-state index is 0.101. The van der Waals surface area contributed by atoms with Crippen LogP contribution >= 0.6 is 0 Å². The van der Waals surface area contributed by atoms with Gasteiger partial charge in [-0.15, -0.1) is 0 Å². The predicted molar refractivity (Wildman–Crippen MR) is 82.9 cm³/mol. The molecule has 1 aliphatic rings. The molecule has 1 amide bonds. The molecule has 0 unspecified atom stereocenters. The molecule has 0 saturated heterocycles. The molecule has 22 heavy (non-hydrogen) atoms. The smallest absolute Gasteiger partial charge is 0.278 e. The average Bonchev–Trinajstić information content (AvgIpc) is 2.49. The predicted octanol–water partition coefficient (Wildman–Crippen LogP) is 2.34. The van der Waals surface area contributed by atoms with Gasteiger partial charge in [0, 0.05) is 24.9 Å². The molecule has 0 aliphatic heterocycles. The van der Waals surface area contributed by atoms with Crippen LogP contribution < -0.4 is 14.8 Å². The van der Waals surface area contributed by atoms with E-state index in [2.05, 4.69) is 29.1 Å². The maximum Gasteiger partial charge on any atom is 0.278 e. The zero-order valence-corrected chi connectivity index (χ0v) is 13.5. The number of nitrogens with zero attached hydrogens (tertiary/aromatic N) is 2. The minimum Gasteiger partial charge on any atom is -0.477 e. The standard InChI is InChI=1S/C16H25N3O3/c1-11(2)10-14(20)19-12-4-6-13(7-5-12)22-16-15(21-3)17-8-9-18-16/h8-9,11-13H,4-7,10H2,1-3H3,(H,19,20). The number of nitrogens with one attached hydrogen (secondary N) is 1. The van der Waals surface area contributed by atoms with E-state index >= 15 is 0 Å². The van der Waals surface area contributed by atoms with Crippen molar-refractivity contribution >= 4 is 5.91 Å². The molecule has 0 aromatic carbocycles. The van der Waals surface area contributed by atoms with Gasteiger partial charge in [0.15, 0.2) is 0 Å². The van der Waals surface area contributed by atoms with Gasteiger partial charge in [-0.25, -0.2) is 9.97 Å². The van der Waals surface area contributed by atoms with Crippen LogP contribution in [0.2, 0.25) is 0 Å². The highest BCUT2D eigenvalue weighted by Crippen LogP contribution is 2.27. The summed E-state index contributed by atoms with van der Waals surface area (Å²) in [5.41, 5.74) is 0. The Morgan fingerprint density at radius 3 is 2.45 bits per heavy atom. The largest absolute Gasteiger partial charge is 0.477 e. The molecule has 0 bridgehead atoms. The summed E-state index contributed by atoms with van der Waals surface area (Å²) in [5.74, 6) is 1.39. The molecular weight excluding hydrogens is 282 g/mol. The zero-order chi connectivity index (χ0) is 15.9. The second-order valence-electron chi connectivity index (χ2n) is 6.13. The van der Waals surface area contributed by atoms with Gasteiger partial charge in [-0.1, -0.05) is 13.8 Å². The molecule has 1 aromatic rings. The molecule has 1 N–H and O–H groups in total. The molecule has 1 fully saturated rings. The number of hydrogen-bond acceptors (Lipinski definition) is 5. The Balaban J connectivity index is 1.79. The van der Waals surface area contributed by atoms with Crippen LogP contribution in [0.5, 0.6) is 11.8 Å². The van der Waals surface area contributed by atoms with Gasteiger partial charge in [0.2, 0.25) is 5.91 Å². The van der Waals surface area contributed by atoms with Gasteiger partial charge < -0.3 is 14.8 Å². The second-order valence-corrected chi connectivity index (χ2v) is 6.13. The van der Waals surface area contributed by atoms with E-state index < -0.39 is 0 Å². The fourth-order valence-corrected chi connectivity index (χ4v) is 2.67. The van der Waals surface area contributed by atoms with E-state index in [4.69, 9.17) is 9.47 Å². The van der Waals surface area contributed by atoms with E-state index in [9.17, 15) is 4.79 Å². The van der Waals surface area contributed by atoms with E-state index in [0.717, 1.165) is 25.7 Å². The summed E-state index contributed by atoms with van der Waals surface area (Å²) in [6.45, 7) is 4.11. The monoisotopic (exact) mass is 307 g/mol. The first-order valence-electron chi connectivity index (χ1n) is 7.89. The summed E-state index contributed by atoms with van der Waals surface area (Å²) in [4.78, 5) is 20.0. The first-order valence-corrected chi connectivity index (χ1v) is 7.89. The third-order valence-electron chi connectivity index (χ3n) is 3.74. The molecule has 2 rings (SSSR count). The number of aromatic nitrogens is 2. The highest BCUT2D eigenvalue weighted by atomic mass is 16.5. The van der Waals surface area contributed by atoms with Crippen LogP contribution in [-0.4, -0.2) is 35.1 Å². The van der Waals surface area contributed by atoms with Crippen molar-refractivity contribution in [3.05, 3.63) is 12.4 Å². The van der Waals surface area contributed by atoms with Crippen LogP contribution in [0.3, 0.4) is 0 Å². The van der Waals surface area contributed by atoms with Crippen LogP contribution in [0.25, 0.3) is 0 Å². The molecule has 1 heterocycles. The normalized spacial score (nSPS) is 21.5. The lowest BCUT2D eigenvalue weighted by atomic mass is 9.92. The Labute approximate surface area is 131 Å². The number of carbonyl (C=O) groups excluding carboxylic acids is 1. The molecule has 1 aromatic heterocycles. The topological polar surface area (TPSA) is 73.3 Å². The quantitative estimate of drug-likeness (QED) is 0.873. The van der Waals surface area contributed by atoms with Crippen LogP contribution in [0.15, 0.2) is 12.4 Å². The number of hydrogen-bond donors (Lipinski definition) is 1. The third kappa shape index (κ3) is 4.86. The van der Waals surface area contributed by atoms with Gasteiger partial charge in [0.25, 0.3) is 11.8 Å². The van der Waals surface area contributed by atoms with Gasteiger partial charge in [0.05, 0.1) is 7.11 Å². The molecule has 1 aliphatic carbocycles. The van der Waals surface area contributed by atoms with E-state index in [0.29, 0.717) is 24.1 Å². The van der Waals surface area contributed by atoms with Crippen molar-refractivity contribution in [2.75, 3.05) is 7.11 Å². The van der Waals surface area contributed by atoms with E-state index in [1.54, 1.807) is 19.5 Å². The molecule has 122 valence electrons. The molecule has 6 heteroatoms. The first kappa shape index (κ1) is 16.5. The van der Waals surface area contributed by atoms with Gasteiger partial charge in [-0.2, -0.15) is 0 Å². The number of methoxy groups -OCH3 is 1. The maximum atomic E-state index is 11.8. The Hall–Kier alpha value is -1.85. The van der Waals surface area contributed by atoms with E-state index in [1.807, 2.05) is 0 Å². The lowest BCUT2D eigenvalue weighted by molar-refractivity contribution is -0.122. The minimum atomic E-state index is 0.101. The molecule has 1 saturated carbocycles. The summed E-state index contributed by atoms with van der Waals surface area (Å²) >= 11 is 0. The molecule has 0 radical (unpaired) electrons. The molecule has 6 nitrogen and oxygen atoms in total. The van der Waals surface area contributed by atoms with Gasteiger partial charge in [-0.3, -0.25) is 4.79 Å². The summed E-state index contributed by atoms with van der Waals surface area (Å²) in [5, 5.41) is 3.11. The van der Waals surface area contributed by atoms with Crippen molar-refractivity contribution in [3.8, 4) is 11.8 Å². The Morgan fingerprint density at radius 2 is 1.86 bits per heavy atom. The fraction of sp³-hybridized carbons (Fsp3) is 0.688. The van der Waals surface area contributed by atoms with Gasteiger partial charge >= 0.3 is 0 Å². The fourth-order valence-electron chi connectivity index (χ4n) is 2.67.